The average Bonchev–Trinajstić information content (AvgIpc) is 3.12. The third-order valence-electron chi connectivity index (χ3n) is 4.62. The molecule has 2 heterocycles. The van der Waals surface area contributed by atoms with Crippen molar-refractivity contribution in [2.24, 2.45) is 5.92 Å². The first-order valence-corrected chi connectivity index (χ1v) is 7.15. The Morgan fingerprint density at radius 2 is 2.15 bits per heavy atom. The van der Waals surface area contributed by atoms with Crippen molar-refractivity contribution in [3.8, 4) is 0 Å². The smallest absolute Gasteiger partial charge is 0.257 e. The molecule has 4 rings (SSSR count). The number of furan rings is 1. The summed E-state index contributed by atoms with van der Waals surface area (Å²) in [6.07, 6.45) is 4.40. The zero-order valence-electron chi connectivity index (χ0n) is 11.2. The van der Waals surface area contributed by atoms with E-state index in [1.807, 2.05) is 24.3 Å². The number of benzene rings is 1. The number of aliphatic hydroxyl groups is 1. The van der Waals surface area contributed by atoms with Crippen molar-refractivity contribution in [1.29, 1.82) is 0 Å². The largest absolute Gasteiger partial charge is 0.463 e. The highest BCUT2D eigenvalue weighted by Crippen LogP contribution is 2.44. The highest BCUT2D eigenvalue weighted by Gasteiger charge is 2.49. The highest BCUT2D eigenvalue weighted by atomic mass is 16.3. The number of fused-ring (bicyclic) bond motifs is 1. The van der Waals surface area contributed by atoms with Gasteiger partial charge in [-0.2, -0.15) is 0 Å². The maximum absolute atomic E-state index is 12.6. The summed E-state index contributed by atoms with van der Waals surface area (Å²) in [5.74, 6) is 0.355. The van der Waals surface area contributed by atoms with Crippen LogP contribution in [0, 0.1) is 5.92 Å². The van der Waals surface area contributed by atoms with Gasteiger partial charge in [-0.1, -0.05) is 18.2 Å². The van der Waals surface area contributed by atoms with Gasteiger partial charge in [0.2, 0.25) is 0 Å². The molecule has 1 amide bonds. The lowest BCUT2D eigenvalue weighted by molar-refractivity contribution is 0.0257. The van der Waals surface area contributed by atoms with Crippen LogP contribution in [0.15, 0.2) is 34.9 Å². The van der Waals surface area contributed by atoms with Gasteiger partial charge < -0.3 is 14.4 Å². The second kappa shape index (κ2) is 4.09. The van der Waals surface area contributed by atoms with Crippen LogP contribution in [0.25, 0.3) is 11.0 Å². The molecule has 4 nitrogen and oxygen atoms in total. The number of rotatable bonds is 2. The molecule has 1 aliphatic carbocycles. The number of para-hydroxylation sites is 1. The van der Waals surface area contributed by atoms with Crippen LogP contribution in [0.3, 0.4) is 0 Å². The second-order valence-electron chi connectivity index (χ2n) is 6.00. The summed E-state index contributed by atoms with van der Waals surface area (Å²) in [4.78, 5) is 14.4. The van der Waals surface area contributed by atoms with E-state index in [0.29, 0.717) is 31.0 Å². The quantitative estimate of drug-likeness (QED) is 0.912. The molecule has 0 radical (unpaired) electrons. The van der Waals surface area contributed by atoms with Crippen molar-refractivity contribution in [2.45, 2.75) is 24.9 Å². The molecule has 4 heteroatoms. The molecule has 1 atom stereocenters. The molecule has 0 bridgehead atoms. The molecule has 2 fully saturated rings. The maximum atomic E-state index is 12.6. The van der Waals surface area contributed by atoms with Crippen molar-refractivity contribution in [2.75, 3.05) is 13.1 Å². The van der Waals surface area contributed by atoms with Gasteiger partial charge in [0.15, 0.2) is 0 Å². The van der Waals surface area contributed by atoms with Gasteiger partial charge in [0.05, 0.1) is 17.7 Å². The fourth-order valence-corrected chi connectivity index (χ4v) is 3.26. The first-order chi connectivity index (χ1) is 9.67. The third kappa shape index (κ3) is 1.75. The van der Waals surface area contributed by atoms with Crippen LogP contribution >= 0.6 is 0 Å². The Labute approximate surface area is 117 Å². The summed E-state index contributed by atoms with van der Waals surface area (Å²) >= 11 is 0. The standard InChI is InChI=1S/C16H17NO3/c18-15(13-9-20-14-4-2-1-3-12(13)14)17-8-7-16(19,10-17)11-5-6-11/h1-4,9,11,19H,5-8,10H2. The van der Waals surface area contributed by atoms with Gasteiger partial charge in [0.25, 0.3) is 5.91 Å². The SMILES string of the molecule is O=C(c1coc2ccccc12)N1CCC(O)(C2CC2)C1. The highest BCUT2D eigenvalue weighted by molar-refractivity contribution is 6.06. The molecular formula is C16H17NO3. The summed E-state index contributed by atoms with van der Waals surface area (Å²) in [6.45, 7) is 1.08. The summed E-state index contributed by atoms with van der Waals surface area (Å²) in [5, 5.41) is 11.4. The number of nitrogens with zero attached hydrogens (tertiary/aromatic N) is 1. The molecule has 2 aromatic rings. The Morgan fingerprint density at radius 1 is 1.35 bits per heavy atom. The Morgan fingerprint density at radius 3 is 2.95 bits per heavy atom. The van der Waals surface area contributed by atoms with Gasteiger partial charge in [-0.3, -0.25) is 4.79 Å². The molecule has 104 valence electrons. The fraction of sp³-hybridized carbons (Fsp3) is 0.438. The van der Waals surface area contributed by atoms with E-state index in [2.05, 4.69) is 0 Å². The van der Waals surface area contributed by atoms with E-state index in [1.165, 1.54) is 6.26 Å². The second-order valence-corrected chi connectivity index (χ2v) is 6.00. The van der Waals surface area contributed by atoms with Crippen molar-refractivity contribution in [3.63, 3.8) is 0 Å². The van der Waals surface area contributed by atoms with Crippen LogP contribution in [-0.4, -0.2) is 34.6 Å². The van der Waals surface area contributed by atoms with Crippen molar-refractivity contribution < 1.29 is 14.3 Å². The van der Waals surface area contributed by atoms with E-state index >= 15 is 0 Å². The van der Waals surface area contributed by atoms with E-state index in [1.54, 1.807) is 4.90 Å². The van der Waals surface area contributed by atoms with Crippen LogP contribution in [0.1, 0.15) is 29.6 Å². The van der Waals surface area contributed by atoms with E-state index in [4.69, 9.17) is 4.42 Å². The van der Waals surface area contributed by atoms with E-state index < -0.39 is 5.60 Å². The lowest BCUT2D eigenvalue weighted by Gasteiger charge is -2.22. The van der Waals surface area contributed by atoms with Crippen LogP contribution in [0.2, 0.25) is 0 Å². The predicted molar refractivity (Wildman–Crippen MR) is 74.4 cm³/mol. The third-order valence-corrected chi connectivity index (χ3v) is 4.62. The monoisotopic (exact) mass is 271 g/mol. The number of hydrogen-bond acceptors (Lipinski definition) is 3. The van der Waals surface area contributed by atoms with E-state index in [9.17, 15) is 9.90 Å². The molecule has 1 saturated heterocycles. The summed E-state index contributed by atoms with van der Waals surface area (Å²) < 4.78 is 5.43. The van der Waals surface area contributed by atoms with Crippen molar-refractivity contribution in [3.05, 3.63) is 36.1 Å². The minimum Gasteiger partial charge on any atom is -0.463 e. The van der Waals surface area contributed by atoms with Crippen LogP contribution in [0.4, 0.5) is 0 Å². The number of β-amino-alcohol motifs (C(OH)–C–C–N with tert-alkyl or cyclic N) is 1. The summed E-state index contributed by atoms with van der Waals surface area (Å²) in [5.41, 5.74) is 0.669. The molecule has 1 aliphatic heterocycles. The van der Waals surface area contributed by atoms with Crippen LogP contribution in [0.5, 0.6) is 0 Å². The molecule has 2 aliphatic rings. The normalized spacial score (nSPS) is 26.4. The van der Waals surface area contributed by atoms with Gasteiger partial charge in [-0.15, -0.1) is 0 Å². The summed E-state index contributed by atoms with van der Waals surface area (Å²) in [6, 6.07) is 7.55. The Hall–Kier alpha value is -1.81. The number of carbonyl (C=O) groups is 1. The van der Waals surface area contributed by atoms with Crippen molar-refractivity contribution >= 4 is 16.9 Å². The topological polar surface area (TPSA) is 53.7 Å². The molecule has 1 aromatic carbocycles. The van der Waals surface area contributed by atoms with E-state index in [-0.39, 0.29) is 5.91 Å². The number of likely N-dealkylation sites (tertiary alicyclic amines) is 1. The molecule has 1 saturated carbocycles. The molecule has 0 spiro atoms. The molecule has 1 aromatic heterocycles. The molecular weight excluding hydrogens is 254 g/mol. The zero-order chi connectivity index (χ0) is 13.7. The first kappa shape index (κ1) is 12.0. The van der Waals surface area contributed by atoms with Gasteiger partial charge in [-0.05, 0) is 31.2 Å². The Bertz CT molecular complexity index is 673. The predicted octanol–water partition coefficient (Wildman–Crippen LogP) is 2.42. The van der Waals surface area contributed by atoms with Gasteiger partial charge in [0, 0.05) is 11.9 Å². The van der Waals surface area contributed by atoms with Gasteiger partial charge >= 0.3 is 0 Å². The Balaban J connectivity index is 1.61. The average molecular weight is 271 g/mol. The van der Waals surface area contributed by atoms with Crippen LogP contribution in [-0.2, 0) is 0 Å². The van der Waals surface area contributed by atoms with Crippen LogP contribution < -0.4 is 0 Å². The molecule has 1 unspecified atom stereocenters. The maximum Gasteiger partial charge on any atom is 0.257 e. The minimum absolute atomic E-state index is 0.0356. The number of amides is 1. The lowest BCUT2D eigenvalue weighted by Crippen LogP contribution is -2.37. The first-order valence-electron chi connectivity index (χ1n) is 7.15. The number of hydrogen-bond donors (Lipinski definition) is 1. The van der Waals surface area contributed by atoms with Crippen molar-refractivity contribution in [1.82, 2.24) is 4.90 Å². The van der Waals surface area contributed by atoms with Gasteiger partial charge in [0.1, 0.15) is 11.8 Å². The molecule has 20 heavy (non-hydrogen) atoms. The summed E-state index contributed by atoms with van der Waals surface area (Å²) in [7, 11) is 0. The molecule has 1 N–H and O–H groups in total. The Kier molecular flexibility index (Phi) is 2.45. The lowest BCUT2D eigenvalue weighted by atomic mass is 9.97. The number of carbonyl (C=O) groups excluding carboxylic acids is 1. The fourth-order valence-electron chi connectivity index (χ4n) is 3.26. The van der Waals surface area contributed by atoms with Gasteiger partial charge in [-0.25, -0.2) is 0 Å². The minimum atomic E-state index is -0.658. The van der Waals surface area contributed by atoms with E-state index in [0.717, 1.165) is 23.8 Å². The zero-order valence-corrected chi connectivity index (χ0v) is 11.2.